The molecule has 1 aromatic carbocycles. The number of amides is 2. The zero-order valence-electron chi connectivity index (χ0n) is 9.76. The van der Waals surface area contributed by atoms with E-state index in [0.29, 0.717) is 13.1 Å². The highest BCUT2D eigenvalue weighted by atomic mass is 32.2. The van der Waals surface area contributed by atoms with Crippen LogP contribution in [0.4, 0.5) is 4.79 Å². The van der Waals surface area contributed by atoms with Gasteiger partial charge in [0, 0.05) is 18.8 Å². The number of rotatable bonds is 4. The van der Waals surface area contributed by atoms with Crippen molar-refractivity contribution in [3.05, 3.63) is 29.8 Å². The van der Waals surface area contributed by atoms with Crippen molar-refractivity contribution in [2.45, 2.75) is 6.54 Å². The van der Waals surface area contributed by atoms with Gasteiger partial charge < -0.3 is 15.3 Å². The second-order valence-electron chi connectivity index (χ2n) is 3.98. The Hall–Kier alpha value is -1.69. The number of aromatic hydroxyl groups is 1. The molecule has 5 nitrogen and oxygen atoms in total. The Balaban J connectivity index is 1.78. The van der Waals surface area contributed by atoms with E-state index < -0.39 is 0 Å². The molecule has 0 unspecified atom stereocenters. The maximum absolute atomic E-state index is 11.6. The van der Waals surface area contributed by atoms with Crippen LogP contribution in [-0.4, -0.2) is 40.0 Å². The first kappa shape index (κ1) is 12.8. The number of nitrogens with one attached hydrogen (secondary N) is 1. The lowest BCUT2D eigenvalue weighted by molar-refractivity contribution is -0.121. The molecule has 1 heterocycles. The monoisotopic (exact) mass is 266 g/mol. The van der Waals surface area contributed by atoms with E-state index in [1.54, 1.807) is 24.3 Å². The van der Waals surface area contributed by atoms with Crippen LogP contribution < -0.4 is 5.32 Å². The Bertz CT molecular complexity index is 447. The predicted molar refractivity (Wildman–Crippen MR) is 69.4 cm³/mol. The van der Waals surface area contributed by atoms with Crippen molar-refractivity contribution in [2.75, 3.05) is 18.8 Å². The number of hydrogen-bond acceptors (Lipinski definition) is 4. The van der Waals surface area contributed by atoms with Crippen LogP contribution in [0.25, 0.3) is 0 Å². The molecular weight excluding hydrogens is 252 g/mol. The largest absolute Gasteiger partial charge is 0.508 e. The molecule has 18 heavy (non-hydrogen) atoms. The molecule has 1 aromatic rings. The van der Waals surface area contributed by atoms with Gasteiger partial charge in [-0.1, -0.05) is 23.9 Å². The Labute approximate surface area is 109 Å². The minimum Gasteiger partial charge on any atom is -0.508 e. The standard InChI is InChI=1S/C12H14N2O3S/c15-10-3-1-9(2-4-10)7-13-11(16)8-14-5-6-18-12(14)17/h1-4,15H,5-8H2,(H,13,16). The van der Waals surface area contributed by atoms with Gasteiger partial charge in [-0.05, 0) is 17.7 Å². The fourth-order valence-corrected chi connectivity index (χ4v) is 2.44. The van der Waals surface area contributed by atoms with E-state index in [0.717, 1.165) is 11.3 Å². The summed E-state index contributed by atoms with van der Waals surface area (Å²) in [4.78, 5) is 24.5. The summed E-state index contributed by atoms with van der Waals surface area (Å²) in [5.74, 6) is 0.785. The van der Waals surface area contributed by atoms with Gasteiger partial charge in [0.25, 0.3) is 5.24 Å². The maximum Gasteiger partial charge on any atom is 0.282 e. The van der Waals surface area contributed by atoms with E-state index in [4.69, 9.17) is 5.11 Å². The lowest BCUT2D eigenvalue weighted by Crippen LogP contribution is -2.36. The first-order valence-electron chi connectivity index (χ1n) is 5.61. The van der Waals surface area contributed by atoms with Gasteiger partial charge in [-0.25, -0.2) is 0 Å². The van der Waals surface area contributed by atoms with Crippen molar-refractivity contribution in [2.24, 2.45) is 0 Å². The van der Waals surface area contributed by atoms with Gasteiger partial charge in [0.15, 0.2) is 0 Å². The molecule has 0 aromatic heterocycles. The molecule has 2 N–H and O–H groups in total. The molecule has 96 valence electrons. The highest BCUT2D eigenvalue weighted by Gasteiger charge is 2.22. The molecule has 0 aliphatic carbocycles. The average Bonchev–Trinajstić information content (AvgIpc) is 2.74. The number of nitrogens with zero attached hydrogens (tertiary/aromatic N) is 1. The molecule has 6 heteroatoms. The quantitative estimate of drug-likeness (QED) is 0.858. The van der Waals surface area contributed by atoms with Gasteiger partial charge in [-0.3, -0.25) is 9.59 Å². The fraction of sp³-hybridized carbons (Fsp3) is 0.333. The molecule has 0 atom stereocenters. The van der Waals surface area contributed by atoms with Gasteiger partial charge in [0.1, 0.15) is 12.3 Å². The molecule has 1 aliphatic heterocycles. The average molecular weight is 266 g/mol. The molecule has 0 bridgehead atoms. The van der Waals surface area contributed by atoms with E-state index >= 15 is 0 Å². The van der Waals surface area contributed by atoms with E-state index in [2.05, 4.69) is 5.32 Å². The second kappa shape index (κ2) is 5.77. The number of phenols is 1. The third-order valence-corrected chi connectivity index (χ3v) is 3.50. The number of benzene rings is 1. The molecule has 1 fully saturated rings. The van der Waals surface area contributed by atoms with E-state index in [1.807, 2.05) is 0 Å². The minimum absolute atomic E-state index is 0.0326. The number of carbonyl (C=O) groups excluding carboxylic acids is 2. The number of hydrogen-bond donors (Lipinski definition) is 2. The minimum atomic E-state index is -0.168. The zero-order chi connectivity index (χ0) is 13.0. The van der Waals surface area contributed by atoms with Crippen molar-refractivity contribution < 1.29 is 14.7 Å². The second-order valence-corrected chi connectivity index (χ2v) is 5.03. The number of thioether (sulfide) groups is 1. The summed E-state index contributed by atoms with van der Waals surface area (Å²) in [5, 5.41) is 11.8. The first-order valence-corrected chi connectivity index (χ1v) is 6.60. The zero-order valence-corrected chi connectivity index (χ0v) is 10.6. The van der Waals surface area contributed by atoms with E-state index in [-0.39, 0.29) is 23.4 Å². The SMILES string of the molecule is O=C(CN1CCSC1=O)NCc1ccc(O)cc1. The summed E-state index contributed by atoms with van der Waals surface area (Å²) >= 11 is 1.24. The topological polar surface area (TPSA) is 69.6 Å². The van der Waals surface area contributed by atoms with Gasteiger partial charge >= 0.3 is 0 Å². The number of phenolic OH excluding ortho intramolecular Hbond substituents is 1. The third-order valence-electron chi connectivity index (χ3n) is 2.61. The van der Waals surface area contributed by atoms with Crippen LogP contribution in [0.1, 0.15) is 5.56 Å². The smallest absolute Gasteiger partial charge is 0.282 e. The van der Waals surface area contributed by atoms with Crippen LogP contribution in [-0.2, 0) is 11.3 Å². The van der Waals surface area contributed by atoms with Gasteiger partial charge in [-0.15, -0.1) is 0 Å². The number of carbonyl (C=O) groups is 2. The van der Waals surface area contributed by atoms with Crippen molar-refractivity contribution in [1.29, 1.82) is 0 Å². The summed E-state index contributed by atoms with van der Waals surface area (Å²) in [6.07, 6.45) is 0. The van der Waals surface area contributed by atoms with Crippen LogP contribution in [0.15, 0.2) is 24.3 Å². The Morgan fingerprint density at radius 3 is 2.72 bits per heavy atom. The summed E-state index contributed by atoms with van der Waals surface area (Å²) < 4.78 is 0. The Morgan fingerprint density at radius 1 is 1.39 bits per heavy atom. The van der Waals surface area contributed by atoms with Gasteiger partial charge in [0.05, 0.1) is 0 Å². The molecule has 0 saturated carbocycles. The normalized spacial score (nSPS) is 14.9. The summed E-state index contributed by atoms with van der Waals surface area (Å²) in [6.45, 7) is 1.15. The maximum atomic E-state index is 11.6. The lowest BCUT2D eigenvalue weighted by Gasteiger charge is -2.14. The van der Waals surface area contributed by atoms with Crippen LogP contribution in [0.2, 0.25) is 0 Å². The van der Waals surface area contributed by atoms with Crippen molar-refractivity contribution in [1.82, 2.24) is 10.2 Å². The van der Waals surface area contributed by atoms with E-state index in [9.17, 15) is 9.59 Å². The summed E-state index contributed by atoms with van der Waals surface area (Å²) in [6, 6.07) is 6.63. The first-order chi connectivity index (χ1) is 8.65. The van der Waals surface area contributed by atoms with Gasteiger partial charge in [0.2, 0.25) is 5.91 Å². The highest BCUT2D eigenvalue weighted by Crippen LogP contribution is 2.16. The molecule has 0 radical (unpaired) electrons. The van der Waals surface area contributed by atoms with Gasteiger partial charge in [-0.2, -0.15) is 0 Å². The molecule has 1 saturated heterocycles. The summed E-state index contributed by atoms with van der Waals surface area (Å²) in [5.41, 5.74) is 0.906. The third kappa shape index (κ3) is 3.40. The highest BCUT2D eigenvalue weighted by molar-refractivity contribution is 8.13. The van der Waals surface area contributed by atoms with Crippen molar-refractivity contribution in [3.63, 3.8) is 0 Å². The predicted octanol–water partition coefficient (Wildman–Crippen LogP) is 1.18. The molecule has 1 aliphatic rings. The molecule has 2 amide bonds. The van der Waals surface area contributed by atoms with Crippen LogP contribution >= 0.6 is 11.8 Å². The fourth-order valence-electron chi connectivity index (χ4n) is 1.61. The molecule has 0 spiro atoms. The van der Waals surface area contributed by atoms with Crippen LogP contribution in [0.5, 0.6) is 5.75 Å². The Morgan fingerprint density at radius 2 is 2.11 bits per heavy atom. The van der Waals surface area contributed by atoms with Crippen LogP contribution in [0.3, 0.4) is 0 Å². The van der Waals surface area contributed by atoms with E-state index in [1.165, 1.54) is 16.7 Å². The Kier molecular flexibility index (Phi) is 4.09. The van der Waals surface area contributed by atoms with Crippen molar-refractivity contribution in [3.8, 4) is 5.75 Å². The van der Waals surface area contributed by atoms with Crippen LogP contribution in [0, 0.1) is 0 Å². The summed E-state index contributed by atoms with van der Waals surface area (Å²) in [7, 11) is 0. The lowest BCUT2D eigenvalue weighted by atomic mass is 10.2. The molecule has 2 rings (SSSR count). The van der Waals surface area contributed by atoms with Crippen molar-refractivity contribution >= 4 is 22.9 Å². The molecular formula is C12H14N2O3S.